The van der Waals surface area contributed by atoms with Gasteiger partial charge in [0.2, 0.25) is 11.8 Å². The summed E-state index contributed by atoms with van der Waals surface area (Å²) in [5.74, 6) is 1.73. The van der Waals surface area contributed by atoms with Crippen molar-refractivity contribution in [2.24, 2.45) is 11.8 Å². The van der Waals surface area contributed by atoms with Crippen molar-refractivity contribution in [3.8, 4) is 0 Å². The van der Waals surface area contributed by atoms with E-state index in [4.69, 9.17) is 4.74 Å². The fraction of sp³-hybridized carbons (Fsp3) is 0.933. The first kappa shape index (κ1) is 49.7. The number of thioether (sulfide) groups is 1. The Hall–Kier alpha value is -1.28. The van der Waals surface area contributed by atoms with Gasteiger partial charge in [-0.1, -0.05) is 156 Å². The number of rotatable bonds is 36. The zero-order valence-electron chi connectivity index (χ0n) is 35.6. The molecular formula is C45H87N3O4S. The van der Waals surface area contributed by atoms with Gasteiger partial charge in [0.25, 0.3) is 0 Å². The Kier molecular flexibility index (Phi) is 33.0. The molecule has 0 spiro atoms. The van der Waals surface area contributed by atoms with Crippen molar-refractivity contribution in [1.29, 1.82) is 0 Å². The van der Waals surface area contributed by atoms with Crippen LogP contribution in [0.15, 0.2) is 0 Å². The Bertz CT molecular complexity index is 882. The summed E-state index contributed by atoms with van der Waals surface area (Å²) >= 11 is 1.69. The summed E-state index contributed by atoms with van der Waals surface area (Å²) in [5, 5.41) is 6.53. The second kappa shape index (κ2) is 35.2. The third kappa shape index (κ3) is 27.9. The van der Waals surface area contributed by atoms with Gasteiger partial charge in [0.05, 0.1) is 13.0 Å². The van der Waals surface area contributed by atoms with Gasteiger partial charge in [0.15, 0.2) is 0 Å². The van der Waals surface area contributed by atoms with Crippen LogP contribution in [0.3, 0.4) is 0 Å². The molecule has 53 heavy (non-hydrogen) atoms. The molecular weight excluding hydrogens is 679 g/mol. The molecule has 0 aromatic carbocycles. The van der Waals surface area contributed by atoms with E-state index in [1.807, 2.05) is 0 Å². The van der Waals surface area contributed by atoms with E-state index in [1.165, 1.54) is 109 Å². The lowest BCUT2D eigenvalue weighted by atomic mass is 9.93. The van der Waals surface area contributed by atoms with Crippen LogP contribution in [0.2, 0.25) is 0 Å². The quantitative estimate of drug-likeness (QED) is 0.0488. The van der Waals surface area contributed by atoms with E-state index < -0.39 is 6.04 Å². The summed E-state index contributed by atoms with van der Waals surface area (Å²) in [6.07, 6.45) is 31.7. The summed E-state index contributed by atoms with van der Waals surface area (Å²) in [6, 6.07) is -0.384. The molecule has 3 unspecified atom stereocenters. The number of hydrogen-bond donors (Lipinski definition) is 2. The molecule has 1 saturated heterocycles. The minimum absolute atomic E-state index is 0.0318. The van der Waals surface area contributed by atoms with Crippen LogP contribution in [0.5, 0.6) is 0 Å². The largest absolute Gasteiger partial charge is 0.465 e. The highest BCUT2D eigenvalue weighted by atomic mass is 32.2. The third-order valence-corrected chi connectivity index (χ3v) is 12.3. The zero-order valence-corrected chi connectivity index (χ0v) is 36.4. The van der Waals surface area contributed by atoms with Crippen molar-refractivity contribution >= 4 is 29.5 Å². The first-order chi connectivity index (χ1) is 25.8. The molecule has 0 aromatic heterocycles. The smallest absolute Gasteiger partial charge is 0.306 e. The number of amides is 2. The summed E-state index contributed by atoms with van der Waals surface area (Å²) in [6.45, 7) is 11.5. The van der Waals surface area contributed by atoms with E-state index in [0.717, 1.165) is 76.6 Å². The number of hydrogen-bond acceptors (Lipinski definition) is 6. The summed E-state index contributed by atoms with van der Waals surface area (Å²) in [7, 11) is 2.13. The summed E-state index contributed by atoms with van der Waals surface area (Å²) < 4.78 is 5.82. The van der Waals surface area contributed by atoms with Crippen molar-refractivity contribution in [3.05, 3.63) is 0 Å². The molecule has 312 valence electrons. The van der Waals surface area contributed by atoms with E-state index in [1.54, 1.807) is 11.8 Å². The topological polar surface area (TPSA) is 87.7 Å². The molecule has 1 aliphatic heterocycles. The predicted octanol–water partition coefficient (Wildman–Crippen LogP) is 11.4. The Labute approximate surface area is 332 Å². The van der Waals surface area contributed by atoms with Gasteiger partial charge in [0, 0.05) is 17.7 Å². The molecule has 0 saturated carbocycles. The molecule has 1 rings (SSSR count). The van der Waals surface area contributed by atoms with Gasteiger partial charge in [0.1, 0.15) is 6.04 Å². The average Bonchev–Trinajstić information content (AvgIpc) is 3.15. The minimum Gasteiger partial charge on any atom is -0.465 e. The zero-order chi connectivity index (χ0) is 38.8. The standard InChI is InChI=1S/C45H87N3O4S/c1-6-10-14-18-20-23-27-39(26-22-16-12-8-3)38-52-43(49)33-37-53-36-32-42(45(51)46-41-30-34-48(5)35-31-41)47-44(50)40(28-24-17-13-9-4)29-25-21-19-15-11-7-2/h39-42H,6-38H2,1-5H3,(H,46,51)(H,47,50). The molecule has 2 N–H and O–H groups in total. The maximum absolute atomic E-state index is 13.8. The monoisotopic (exact) mass is 766 g/mol. The van der Waals surface area contributed by atoms with Gasteiger partial charge in [-0.05, 0) is 76.8 Å². The molecule has 1 aliphatic rings. The van der Waals surface area contributed by atoms with Gasteiger partial charge in [-0.2, -0.15) is 11.8 Å². The lowest BCUT2D eigenvalue weighted by molar-refractivity contribution is -0.144. The number of nitrogens with one attached hydrogen (secondary N) is 2. The van der Waals surface area contributed by atoms with Crippen LogP contribution < -0.4 is 10.6 Å². The Morgan fingerprint density at radius 2 is 1.09 bits per heavy atom. The van der Waals surface area contributed by atoms with E-state index in [0.29, 0.717) is 31.1 Å². The molecule has 1 fully saturated rings. The first-order valence-corrected chi connectivity index (χ1v) is 24.0. The minimum atomic E-state index is -0.542. The van der Waals surface area contributed by atoms with Crippen LogP contribution in [0.4, 0.5) is 0 Å². The highest BCUT2D eigenvalue weighted by Gasteiger charge is 2.28. The maximum Gasteiger partial charge on any atom is 0.306 e. The van der Waals surface area contributed by atoms with Crippen molar-refractivity contribution in [1.82, 2.24) is 15.5 Å². The normalized spacial score (nSPS) is 15.6. The average molecular weight is 766 g/mol. The van der Waals surface area contributed by atoms with Crippen LogP contribution in [0.1, 0.15) is 207 Å². The summed E-state index contributed by atoms with van der Waals surface area (Å²) in [4.78, 5) is 42.5. The number of unbranched alkanes of at least 4 members (excludes halogenated alkanes) is 16. The molecule has 1 heterocycles. The van der Waals surface area contributed by atoms with Crippen molar-refractivity contribution < 1.29 is 19.1 Å². The summed E-state index contributed by atoms with van der Waals surface area (Å²) in [5.41, 5.74) is 0. The molecule has 0 bridgehead atoms. The molecule has 7 nitrogen and oxygen atoms in total. The molecule has 0 aliphatic carbocycles. The number of esters is 1. The lowest BCUT2D eigenvalue weighted by Crippen LogP contribution is -2.53. The number of ether oxygens (including phenoxy) is 1. The Morgan fingerprint density at radius 3 is 1.62 bits per heavy atom. The van der Waals surface area contributed by atoms with Crippen LogP contribution in [-0.2, 0) is 19.1 Å². The van der Waals surface area contributed by atoms with Crippen LogP contribution in [-0.4, -0.2) is 73.0 Å². The van der Waals surface area contributed by atoms with Crippen molar-refractivity contribution in [2.45, 2.75) is 220 Å². The fourth-order valence-corrected chi connectivity index (χ4v) is 8.45. The molecule has 0 radical (unpaired) electrons. The van der Waals surface area contributed by atoms with E-state index >= 15 is 0 Å². The van der Waals surface area contributed by atoms with E-state index in [9.17, 15) is 14.4 Å². The first-order valence-electron chi connectivity index (χ1n) is 22.9. The molecule has 0 aromatic rings. The third-order valence-electron chi connectivity index (χ3n) is 11.3. The fourth-order valence-electron chi connectivity index (χ4n) is 7.53. The Balaban J connectivity index is 2.68. The number of nitrogens with zero attached hydrogens (tertiary/aromatic N) is 1. The number of piperidine rings is 1. The number of carbonyl (C=O) groups excluding carboxylic acids is 3. The maximum atomic E-state index is 13.8. The number of likely N-dealkylation sites (tertiary alicyclic amines) is 1. The SMILES string of the molecule is CCCCCCCCC(CCCCCC)COC(=O)CCSCCC(NC(=O)C(CCCCCC)CCCCCCCC)C(=O)NC1CCN(C)CC1. The van der Waals surface area contributed by atoms with Gasteiger partial charge >= 0.3 is 5.97 Å². The lowest BCUT2D eigenvalue weighted by Gasteiger charge is -2.31. The molecule has 3 atom stereocenters. The van der Waals surface area contributed by atoms with Gasteiger partial charge in [-0.15, -0.1) is 0 Å². The highest BCUT2D eigenvalue weighted by molar-refractivity contribution is 7.99. The van der Waals surface area contributed by atoms with Crippen LogP contribution >= 0.6 is 11.8 Å². The van der Waals surface area contributed by atoms with Gasteiger partial charge < -0.3 is 20.3 Å². The van der Waals surface area contributed by atoms with E-state index in [-0.39, 0.29) is 29.7 Å². The van der Waals surface area contributed by atoms with Crippen molar-refractivity contribution in [3.63, 3.8) is 0 Å². The van der Waals surface area contributed by atoms with Crippen LogP contribution in [0.25, 0.3) is 0 Å². The van der Waals surface area contributed by atoms with Crippen molar-refractivity contribution in [2.75, 3.05) is 38.2 Å². The predicted molar refractivity (Wildman–Crippen MR) is 229 cm³/mol. The molecule has 2 amide bonds. The van der Waals surface area contributed by atoms with E-state index in [2.05, 4.69) is 50.3 Å². The second-order valence-corrected chi connectivity index (χ2v) is 17.6. The van der Waals surface area contributed by atoms with Gasteiger partial charge in [-0.25, -0.2) is 0 Å². The second-order valence-electron chi connectivity index (χ2n) is 16.4. The molecule has 8 heteroatoms. The highest BCUT2D eigenvalue weighted by Crippen LogP contribution is 2.22. The number of carbonyl (C=O) groups is 3. The van der Waals surface area contributed by atoms with Crippen LogP contribution in [0, 0.1) is 11.8 Å². The van der Waals surface area contributed by atoms with Gasteiger partial charge in [-0.3, -0.25) is 14.4 Å². The Morgan fingerprint density at radius 1 is 0.623 bits per heavy atom.